The summed E-state index contributed by atoms with van der Waals surface area (Å²) in [6.07, 6.45) is 0. The monoisotopic (exact) mass is 764 g/mol. The summed E-state index contributed by atoms with van der Waals surface area (Å²) >= 11 is 0. The molecule has 3 heterocycles. The Bertz CT molecular complexity index is 3710. The molecular weight excluding hydrogens is 733 g/mol. The minimum Gasteiger partial charge on any atom is -0.456 e. The van der Waals surface area contributed by atoms with E-state index < -0.39 is 0 Å². The van der Waals surface area contributed by atoms with Gasteiger partial charge < -0.3 is 8.83 Å². The van der Waals surface area contributed by atoms with Crippen molar-refractivity contribution in [2.45, 2.75) is 0 Å². The third kappa shape index (κ3) is 5.04. The lowest BCUT2D eigenvalue weighted by Crippen LogP contribution is -1.96. The average Bonchev–Trinajstić information content (AvgIpc) is 3.99. The molecule has 278 valence electrons. The molecule has 0 unspecified atom stereocenters. The first-order chi connectivity index (χ1) is 29.7. The number of furan rings is 2. The van der Waals surface area contributed by atoms with Gasteiger partial charge in [-0.15, -0.1) is 0 Å². The van der Waals surface area contributed by atoms with Gasteiger partial charge in [0.1, 0.15) is 22.3 Å². The van der Waals surface area contributed by atoms with Crippen molar-refractivity contribution in [2.75, 3.05) is 0 Å². The summed E-state index contributed by atoms with van der Waals surface area (Å²) in [7, 11) is 0. The smallest absolute Gasteiger partial charge is 0.160 e. The second-order valence-electron chi connectivity index (χ2n) is 15.7. The van der Waals surface area contributed by atoms with Crippen LogP contribution in [0.25, 0.3) is 133 Å². The molecule has 0 aliphatic heterocycles. The van der Waals surface area contributed by atoms with Crippen LogP contribution in [0.3, 0.4) is 0 Å². The lowest BCUT2D eigenvalue weighted by Gasteiger charge is -2.12. The molecule has 0 saturated carbocycles. The van der Waals surface area contributed by atoms with E-state index in [2.05, 4.69) is 164 Å². The average molecular weight is 765 g/mol. The number of aromatic nitrogens is 2. The highest BCUT2D eigenvalue weighted by Crippen LogP contribution is 2.51. The Balaban J connectivity index is 0.909. The van der Waals surface area contributed by atoms with Gasteiger partial charge in [-0.3, -0.25) is 0 Å². The molecule has 4 heteroatoms. The highest BCUT2D eigenvalue weighted by Gasteiger charge is 2.25. The van der Waals surface area contributed by atoms with Gasteiger partial charge in [-0.05, 0) is 110 Å². The fourth-order valence-corrected chi connectivity index (χ4v) is 9.38. The fourth-order valence-electron chi connectivity index (χ4n) is 9.38. The predicted molar refractivity (Wildman–Crippen MR) is 246 cm³/mol. The first-order valence-electron chi connectivity index (χ1n) is 20.3. The normalized spacial score (nSPS) is 12.0. The van der Waals surface area contributed by atoms with Gasteiger partial charge in [-0.25, -0.2) is 9.97 Å². The first kappa shape index (κ1) is 32.9. The van der Waals surface area contributed by atoms with Crippen LogP contribution < -0.4 is 0 Å². The highest BCUT2D eigenvalue weighted by atomic mass is 16.3. The molecule has 0 N–H and O–H groups in total. The molecule has 0 bridgehead atoms. The Morgan fingerprint density at radius 2 is 0.867 bits per heavy atom. The minimum atomic E-state index is 0.675. The van der Waals surface area contributed by atoms with Crippen molar-refractivity contribution in [1.82, 2.24) is 9.97 Å². The van der Waals surface area contributed by atoms with Crippen LogP contribution in [-0.2, 0) is 0 Å². The molecule has 9 aromatic carbocycles. The van der Waals surface area contributed by atoms with E-state index in [-0.39, 0.29) is 0 Å². The first-order valence-corrected chi connectivity index (χ1v) is 20.3. The summed E-state index contributed by atoms with van der Waals surface area (Å²) in [5.41, 5.74) is 17.8. The SMILES string of the molecule is c1ccc(-c2cccc(-c3nc(-c4ccc(-c5ccc6c(c5)-c5cccc7c5c-6cc5oc6ccccc6c57)cc4)cc(-c4ccc5oc6ccccc6c5c4)n3)c2)cc1. The standard InChI is InChI=1S/C56H32N2O2/c1-2-10-33(11-3-1)36-12-8-13-39(28-36)56-57-48(32-49(58-56)38-25-27-52-46(30-38)41-14-4-6-18-50(41)59-52)35-22-20-34(21-23-35)37-24-26-40-45(29-37)42-16-9-17-44-54(42)47(40)31-53-55(44)43-15-5-7-19-51(43)60-53/h1-32H. The van der Waals surface area contributed by atoms with Gasteiger partial charge in [0, 0.05) is 38.2 Å². The van der Waals surface area contributed by atoms with Crippen LogP contribution in [0.4, 0.5) is 0 Å². The summed E-state index contributed by atoms with van der Waals surface area (Å²) in [6.45, 7) is 0. The molecule has 1 aliphatic carbocycles. The topological polar surface area (TPSA) is 52.1 Å². The van der Waals surface area contributed by atoms with Gasteiger partial charge in [0.25, 0.3) is 0 Å². The molecule has 3 aromatic heterocycles. The molecule has 60 heavy (non-hydrogen) atoms. The van der Waals surface area contributed by atoms with Gasteiger partial charge >= 0.3 is 0 Å². The molecule has 12 aromatic rings. The summed E-state index contributed by atoms with van der Waals surface area (Å²) < 4.78 is 12.6. The van der Waals surface area contributed by atoms with Crippen LogP contribution in [0, 0.1) is 0 Å². The quantitative estimate of drug-likeness (QED) is 0.175. The second-order valence-corrected chi connectivity index (χ2v) is 15.7. The van der Waals surface area contributed by atoms with Crippen molar-refractivity contribution in [3.8, 4) is 78.4 Å². The zero-order valence-electron chi connectivity index (χ0n) is 32.2. The van der Waals surface area contributed by atoms with Crippen molar-refractivity contribution in [2.24, 2.45) is 0 Å². The highest BCUT2D eigenvalue weighted by molar-refractivity contribution is 6.28. The molecule has 0 fully saturated rings. The van der Waals surface area contributed by atoms with E-state index in [0.717, 1.165) is 83.3 Å². The van der Waals surface area contributed by atoms with Gasteiger partial charge in [-0.1, -0.05) is 140 Å². The molecule has 1 aliphatic rings. The van der Waals surface area contributed by atoms with Crippen molar-refractivity contribution in [3.63, 3.8) is 0 Å². The van der Waals surface area contributed by atoms with Crippen LogP contribution in [0.1, 0.15) is 0 Å². The van der Waals surface area contributed by atoms with Gasteiger partial charge in [0.2, 0.25) is 0 Å². The van der Waals surface area contributed by atoms with Gasteiger partial charge in [-0.2, -0.15) is 0 Å². The summed E-state index contributed by atoms with van der Waals surface area (Å²) in [6, 6.07) is 68.4. The number of hydrogen-bond acceptors (Lipinski definition) is 4. The van der Waals surface area contributed by atoms with Crippen LogP contribution in [0.15, 0.2) is 203 Å². The zero-order valence-corrected chi connectivity index (χ0v) is 32.2. The Kier molecular flexibility index (Phi) is 6.98. The van der Waals surface area contributed by atoms with Crippen molar-refractivity contribution in [1.29, 1.82) is 0 Å². The molecule has 0 saturated heterocycles. The number of benzene rings is 9. The number of hydrogen-bond donors (Lipinski definition) is 0. The van der Waals surface area contributed by atoms with Gasteiger partial charge in [0.15, 0.2) is 5.82 Å². The number of nitrogens with zero attached hydrogens (tertiary/aromatic N) is 2. The lowest BCUT2D eigenvalue weighted by molar-refractivity contribution is 0.668. The van der Waals surface area contributed by atoms with E-state index >= 15 is 0 Å². The number of para-hydroxylation sites is 2. The van der Waals surface area contributed by atoms with E-state index in [4.69, 9.17) is 18.8 Å². The van der Waals surface area contributed by atoms with Crippen LogP contribution >= 0.6 is 0 Å². The summed E-state index contributed by atoms with van der Waals surface area (Å²) in [4.78, 5) is 10.4. The maximum absolute atomic E-state index is 6.39. The summed E-state index contributed by atoms with van der Waals surface area (Å²) in [5, 5.41) is 7.03. The number of rotatable bonds is 5. The third-order valence-electron chi connectivity index (χ3n) is 12.2. The molecule has 0 radical (unpaired) electrons. The van der Waals surface area contributed by atoms with E-state index in [1.165, 1.54) is 44.0 Å². The van der Waals surface area contributed by atoms with Crippen LogP contribution in [-0.4, -0.2) is 9.97 Å². The minimum absolute atomic E-state index is 0.675. The lowest BCUT2D eigenvalue weighted by atomic mass is 9.96. The van der Waals surface area contributed by atoms with Gasteiger partial charge in [0.05, 0.1) is 11.4 Å². The molecule has 0 amide bonds. The summed E-state index contributed by atoms with van der Waals surface area (Å²) in [5.74, 6) is 0.675. The fraction of sp³-hybridized carbons (Fsp3) is 0. The maximum Gasteiger partial charge on any atom is 0.160 e. The molecular formula is C56H32N2O2. The largest absolute Gasteiger partial charge is 0.456 e. The third-order valence-corrected chi connectivity index (χ3v) is 12.2. The van der Waals surface area contributed by atoms with Crippen LogP contribution in [0.2, 0.25) is 0 Å². The Hall–Kier alpha value is -8.08. The predicted octanol–water partition coefficient (Wildman–Crippen LogP) is 15.4. The van der Waals surface area contributed by atoms with E-state index in [1.54, 1.807) is 0 Å². The second kappa shape index (κ2) is 12.7. The Morgan fingerprint density at radius 3 is 1.73 bits per heavy atom. The Morgan fingerprint density at radius 1 is 0.267 bits per heavy atom. The Labute approximate surface area is 344 Å². The van der Waals surface area contributed by atoms with E-state index in [1.807, 2.05) is 30.3 Å². The molecule has 0 spiro atoms. The number of fused-ring (bicyclic) bond motifs is 10. The van der Waals surface area contributed by atoms with Crippen molar-refractivity contribution < 1.29 is 8.83 Å². The molecule has 0 atom stereocenters. The van der Waals surface area contributed by atoms with E-state index in [0.29, 0.717) is 5.82 Å². The molecule has 13 rings (SSSR count). The molecule has 4 nitrogen and oxygen atoms in total. The van der Waals surface area contributed by atoms with Crippen LogP contribution in [0.5, 0.6) is 0 Å². The zero-order chi connectivity index (χ0) is 39.3. The van der Waals surface area contributed by atoms with Crippen molar-refractivity contribution in [3.05, 3.63) is 194 Å². The van der Waals surface area contributed by atoms with E-state index in [9.17, 15) is 0 Å². The maximum atomic E-state index is 6.39. The van der Waals surface area contributed by atoms with Crippen molar-refractivity contribution >= 4 is 54.6 Å².